The summed E-state index contributed by atoms with van der Waals surface area (Å²) in [5.41, 5.74) is 0. The maximum absolute atomic E-state index is 11.8. The molecule has 1 unspecified atom stereocenters. The maximum atomic E-state index is 11.8. The molecule has 0 spiro atoms. The van der Waals surface area contributed by atoms with Crippen LogP contribution in [0.2, 0.25) is 0 Å². The highest BCUT2D eigenvalue weighted by Gasteiger charge is 2.30. The summed E-state index contributed by atoms with van der Waals surface area (Å²) in [6.07, 6.45) is 2.35. The van der Waals surface area contributed by atoms with Crippen LogP contribution in [0, 0.1) is 0 Å². The van der Waals surface area contributed by atoms with Gasteiger partial charge < -0.3 is 4.90 Å². The average Bonchev–Trinajstić information content (AvgIpc) is 2.80. The Labute approximate surface area is 105 Å². The summed E-state index contributed by atoms with van der Waals surface area (Å²) in [4.78, 5) is 25.9. The van der Waals surface area contributed by atoms with Gasteiger partial charge in [0.15, 0.2) is 0 Å². The van der Waals surface area contributed by atoms with Crippen molar-refractivity contribution in [3.63, 3.8) is 0 Å². The van der Waals surface area contributed by atoms with Crippen molar-refractivity contribution < 1.29 is 9.59 Å². The number of carbonyl (C=O) groups is 2. The zero-order valence-electron chi connectivity index (χ0n) is 9.81. The second kappa shape index (κ2) is 5.31. The van der Waals surface area contributed by atoms with Crippen molar-refractivity contribution in [3.8, 4) is 0 Å². The molecule has 4 nitrogen and oxygen atoms in total. The molecule has 1 N–H and O–H groups in total. The molecule has 1 fully saturated rings. The van der Waals surface area contributed by atoms with Crippen LogP contribution in [0.5, 0.6) is 0 Å². The molecular formula is C12H16N2O2S. The highest BCUT2D eigenvalue weighted by Crippen LogP contribution is 2.30. The van der Waals surface area contributed by atoms with Gasteiger partial charge in [-0.25, -0.2) is 4.79 Å². The molecule has 2 heterocycles. The SMILES string of the molecule is CCCC(c1cccs1)N1CCC(=O)NC1=O. The van der Waals surface area contributed by atoms with E-state index in [-0.39, 0.29) is 18.0 Å². The fourth-order valence-corrected chi connectivity index (χ4v) is 2.95. The predicted molar refractivity (Wildman–Crippen MR) is 66.8 cm³/mol. The number of nitrogens with one attached hydrogen (secondary N) is 1. The summed E-state index contributed by atoms with van der Waals surface area (Å²) < 4.78 is 0. The highest BCUT2D eigenvalue weighted by molar-refractivity contribution is 7.10. The third kappa shape index (κ3) is 2.66. The van der Waals surface area contributed by atoms with E-state index in [9.17, 15) is 9.59 Å². The molecule has 3 amide bonds. The maximum Gasteiger partial charge on any atom is 0.324 e. The van der Waals surface area contributed by atoms with Crippen LogP contribution in [0.1, 0.15) is 37.1 Å². The molecule has 92 valence electrons. The van der Waals surface area contributed by atoms with Gasteiger partial charge in [-0.3, -0.25) is 10.1 Å². The van der Waals surface area contributed by atoms with Gasteiger partial charge in [0.1, 0.15) is 0 Å². The second-order valence-electron chi connectivity index (χ2n) is 4.12. The first-order valence-electron chi connectivity index (χ1n) is 5.86. The number of carbonyl (C=O) groups excluding carboxylic acids is 2. The van der Waals surface area contributed by atoms with E-state index in [4.69, 9.17) is 0 Å². The van der Waals surface area contributed by atoms with E-state index in [2.05, 4.69) is 18.3 Å². The molecule has 1 aliphatic rings. The summed E-state index contributed by atoms with van der Waals surface area (Å²) >= 11 is 1.66. The van der Waals surface area contributed by atoms with E-state index < -0.39 is 0 Å². The van der Waals surface area contributed by atoms with Gasteiger partial charge in [0.2, 0.25) is 5.91 Å². The highest BCUT2D eigenvalue weighted by atomic mass is 32.1. The standard InChI is InChI=1S/C12H16N2O2S/c1-2-4-9(10-5-3-8-17-10)14-7-6-11(15)13-12(14)16/h3,5,8-9H,2,4,6-7H2,1H3,(H,13,15,16). The number of urea groups is 1. The van der Waals surface area contributed by atoms with E-state index in [1.807, 2.05) is 11.4 Å². The van der Waals surface area contributed by atoms with Gasteiger partial charge in [0, 0.05) is 17.8 Å². The molecular weight excluding hydrogens is 236 g/mol. The minimum Gasteiger partial charge on any atom is -0.316 e. The Morgan fingerprint density at radius 1 is 1.53 bits per heavy atom. The van der Waals surface area contributed by atoms with Gasteiger partial charge in [-0.2, -0.15) is 0 Å². The Balaban J connectivity index is 2.16. The minimum absolute atomic E-state index is 0.105. The summed E-state index contributed by atoms with van der Waals surface area (Å²) in [5.74, 6) is -0.173. The minimum atomic E-state index is -0.256. The molecule has 17 heavy (non-hydrogen) atoms. The lowest BCUT2D eigenvalue weighted by molar-refractivity contribution is -0.121. The topological polar surface area (TPSA) is 49.4 Å². The number of amides is 3. The van der Waals surface area contributed by atoms with E-state index in [1.54, 1.807) is 16.2 Å². The molecule has 0 aliphatic carbocycles. The third-order valence-electron chi connectivity index (χ3n) is 2.90. The zero-order chi connectivity index (χ0) is 12.3. The molecule has 1 aromatic rings. The Morgan fingerprint density at radius 3 is 2.94 bits per heavy atom. The van der Waals surface area contributed by atoms with Gasteiger partial charge in [-0.1, -0.05) is 19.4 Å². The monoisotopic (exact) mass is 252 g/mol. The van der Waals surface area contributed by atoms with Crippen LogP contribution in [0.15, 0.2) is 17.5 Å². The Kier molecular flexibility index (Phi) is 3.78. The largest absolute Gasteiger partial charge is 0.324 e. The van der Waals surface area contributed by atoms with E-state index >= 15 is 0 Å². The lowest BCUT2D eigenvalue weighted by Crippen LogP contribution is -2.50. The molecule has 0 bridgehead atoms. The van der Waals surface area contributed by atoms with Crippen molar-refractivity contribution in [2.45, 2.75) is 32.2 Å². The molecule has 0 saturated carbocycles. The number of thiophene rings is 1. The molecule has 1 aliphatic heterocycles. The smallest absolute Gasteiger partial charge is 0.316 e. The van der Waals surface area contributed by atoms with Gasteiger partial charge >= 0.3 is 6.03 Å². The quantitative estimate of drug-likeness (QED) is 0.895. The average molecular weight is 252 g/mol. The molecule has 1 saturated heterocycles. The van der Waals surface area contributed by atoms with Crippen LogP contribution in [0.25, 0.3) is 0 Å². The Morgan fingerprint density at radius 2 is 2.35 bits per heavy atom. The van der Waals surface area contributed by atoms with Crippen LogP contribution in [0.3, 0.4) is 0 Å². The van der Waals surface area contributed by atoms with Crippen molar-refractivity contribution in [2.24, 2.45) is 0 Å². The van der Waals surface area contributed by atoms with Gasteiger partial charge in [0.05, 0.1) is 6.04 Å². The van der Waals surface area contributed by atoms with Crippen molar-refractivity contribution >= 4 is 23.3 Å². The lowest BCUT2D eigenvalue weighted by Gasteiger charge is -2.33. The first-order chi connectivity index (χ1) is 8.22. The molecule has 1 atom stereocenters. The van der Waals surface area contributed by atoms with Crippen LogP contribution in [-0.4, -0.2) is 23.4 Å². The number of imide groups is 1. The number of hydrogen-bond donors (Lipinski definition) is 1. The third-order valence-corrected chi connectivity index (χ3v) is 3.87. The van der Waals surface area contributed by atoms with E-state index in [0.29, 0.717) is 13.0 Å². The van der Waals surface area contributed by atoms with Crippen LogP contribution in [-0.2, 0) is 4.79 Å². The van der Waals surface area contributed by atoms with Gasteiger partial charge in [-0.05, 0) is 17.9 Å². The van der Waals surface area contributed by atoms with E-state index in [0.717, 1.165) is 12.8 Å². The summed E-state index contributed by atoms with van der Waals surface area (Å²) in [7, 11) is 0. The lowest BCUT2D eigenvalue weighted by atomic mass is 10.1. The number of hydrogen-bond acceptors (Lipinski definition) is 3. The van der Waals surface area contributed by atoms with Crippen molar-refractivity contribution in [1.82, 2.24) is 10.2 Å². The number of nitrogens with zero attached hydrogens (tertiary/aromatic N) is 1. The molecule has 2 rings (SSSR count). The van der Waals surface area contributed by atoms with Crippen molar-refractivity contribution in [1.29, 1.82) is 0 Å². The van der Waals surface area contributed by atoms with Crippen LogP contribution in [0.4, 0.5) is 4.79 Å². The van der Waals surface area contributed by atoms with Crippen molar-refractivity contribution in [2.75, 3.05) is 6.54 Å². The second-order valence-corrected chi connectivity index (χ2v) is 5.10. The fraction of sp³-hybridized carbons (Fsp3) is 0.500. The Bertz CT molecular complexity index is 403. The van der Waals surface area contributed by atoms with Gasteiger partial charge in [-0.15, -0.1) is 11.3 Å². The van der Waals surface area contributed by atoms with Crippen LogP contribution >= 0.6 is 11.3 Å². The summed E-state index contributed by atoms with van der Waals surface area (Å²) in [6.45, 7) is 2.63. The molecule has 5 heteroatoms. The van der Waals surface area contributed by atoms with E-state index in [1.165, 1.54) is 4.88 Å². The number of rotatable bonds is 4. The first kappa shape index (κ1) is 12.1. The normalized spacial score (nSPS) is 18.1. The van der Waals surface area contributed by atoms with Crippen molar-refractivity contribution in [3.05, 3.63) is 22.4 Å². The molecule has 0 aromatic carbocycles. The molecule has 0 radical (unpaired) electrons. The summed E-state index contributed by atoms with van der Waals surface area (Å²) in [5, 5.41) is 4.40. The first-order valence-corrected chi connectivity index (χ1v) is 6.74. The molecule has 1 aromatic heterocycles. The fourth-order valence-electron chi connectivity index (χ4n) is 2.08. The van der Waals surface area contributed by atoms with Gasteiger partial charge in [0.25, 0.3) is 0 Å². The zero-order valence-corrected chi connectivity index (χ0v) is 10.6. The Hall–Kier alpha value is -1.36. The predicted octanol–water partition coefficient (Wildman–Crippen LogP) is 2.53. The van der Waals surface area contributed by atoms with Crippen LogP contribution < -0.4 is 5.32 Å². The summed E-state index contributed by atoms with van der Waals surface area (Å²) in [6, 6.07) is 3.89.